The zero-order chi connectivity index (χ0) is 15.1. The zero-order valence-electron chi connectivity index (χ0n) is 12.5. The number of carbonyl (C=O) groups is 1. The molecule has 0 bridgehead atoms. The van der Waals surface area contributed by atoms with Gasteiger partial charge in [0.1, 0.15) is 0 Å². The smallest absolute Gasteiger partial charge is 0.315 e. The molecule has 0 heterocycles. The van der Waals surface area contributed by atoms with E-state index in [1.165, 1.54) is 5.56 Å². The molecule has 0 saturated carbocycles. The standard InChI is InChI=1S/C17H24N2O2/c1-2-13-8-10-14(11-9-13)16(12-20)19-17(21)18-15-6-4-3-5-7-15/h4,6,8-11,15-16,20H,2-3,5,7,12H2,1H3,(H2,18,19,21). The Balaban J connectivity index is 1.92. The minimum Gasteiger partial charge on any atom is -0.394 e. The van der Waals surface area contributed by atoms with Gasteiger partial charge in [0.05, 0.1) is 12.6 Å². The predicted molar refractivity (Wildman–Crippen MR) is 84.1 cm³/mol. The summed E-state index contributed by atoms with van der Waals surface area (Å²) in [6, 6.07) is 7.47. The average Bonchev–Trinajstić information content (AvgIpc) is 2.53. The maximum atomic E-state index is 12.0. The van der Waals surface area contributed by atoms with Gasteiger partial charge < -0.3 is 15.7 Å². The summed E-state index contributed by atoms with van der Waals surface area (Å²) >= 11 is 0. The molecule has 2 atom stereocenters. The summed E-state index contributed by atoms with van der Waals surface area (Å²) in [6.45, 7) is 1.99. The second-order valence-electron chi connectivity index (χ2n) is 5.41. The molecule has 0 aromatic heterocycles. The fraction of sp³-hybridized carbons (Fsp3) is 0.471. The van der Waals surface area contributed by atoms with Gasteiger partial charge in [0.2, 0.25) is 0 Å². The first-order valence-electron chi connectivity index (χ1n) is 7.66. The van der Waals surface area contributed by atoms with E-state index in [2.05, 4.69) is 23.6 Å². The van der Waals surface area contributed by atoms with Crippen LogP contribution in [0.2, 0.25) is 0 Å². The van der Waals surface area contributed by atoms with Crippen LogP contribution in [0.3, 0.4) is 0 Å². The van der Waals surface area contributed by atoms with Crippen LogP contribution < -0.4 is 10.6 Å². The van der Waals surface area contributed by atoms with Gasteiger partial charge in [0.15, 0.2) is 0 Å². The maximum absolute atomic E-state index is 12.0. The third-order valence-electron chi connectivity index (χ3n) is 3.85. The first-order valence-corrected chi connectivity index (χ1v) is 7.66. The maximum Gasteiger partial charge on any atom is 0.315 e. The summed E-state index contributed by atoms with van der Waals surface area (Å²) in [7, 11) is 0. The van der Waals surface area contributed by atoms with Gasteiger partial charge >= 0.3 is 6.03 Å². The molecule has 114 valence electrons. The quantitative estimate of drug-likeness (QED) is 0.730. The second-order valence-corrected chi connectivity index (χ2v) is 5.41. The van der Waals surface area contributed by atoms with E-state index in [1.54, 1.807) is 0 Å². The van der Waals surface area contributed by atoms with Gasteiger partial charge in [-0.1, -0.05) is 43.3 Å². The third-order valence-corrected chi connectivity index (χ3v) is 3.85. The Morgan fingerprint density at radius 1 is 1.38 bits per heavy atom. The van der Waals surface area contributed by atoms with Crippen molar-refractivity contribution in [3.63, 3.8) is 0 Å². The Bertz CT molecular complexity index is 482. The largest absolute Gasteiger partial charge is 0.394 e. The number of rotatable bonds is 5. The minimum absolute atomic E-state index is 0.0977. The highest BCUT2D eigenvalue weighted by Crippen LogP contribution is 2.14. The van der Waals surface area contributed by atoms with Crippen molar-refractivity contribution < 1.29 is 9.90 Å². The highest BCUT2D eigenvalue weighted by atomic mass is 16.3. The van der Waals surface area contributed by atoms with Gasteiger partial charge in [-0.25, -0.2) is 4.79 Å². The van der Waals surface area contributed by atoms with Crippen molar-refractivity contribution in [3.05, 3.63) is 47.5 Å². The highest BCUT2D eigenvalue weighted by Gasteiger charge is 2.16. The number of aryl methyl sites for hydroxylation is 1. The first kappa shape index (κ1) is 15.6. The molecule has 0 aliphatic heterocycles. The van der Waals surface area contributed by atoms with Crippen molar-refractivity contribution in [2.24, 2.45) is 0 Å². The number of hydrogen-bond acceptors (Lipinski definition) is 2. The van der Waals surface area contributed by atoms with Crippen LogP contribution in [0.15, 0.2) is 36.4 Å². The number of amides is 2. The van der Waals surface area contributed by atoms with Crippen LogP contribution in [0.1, 0.15) is 43.4 Å². The summed E-state index contributed by atoms with van der Waals surface area (Å²) in [5.74, 6) is 0. The van der Waals surface area contributed by atoms with Crippen molar-refractivity contribution in [2.75, 3.05) is 6.61 Å². The molecule has 0 saturated heterocycles. The molecule has 0 spiro atoms. The number of carbonyl (C=O) groups excluding carboxylic acids is 1. The Kier molecular flexibility index (Phi) is 5.81. The molecular weight excluding hydrogens is 264 g/mol. The normalized spacial score (nSPS) is 19.0. The first-order chi connectivity index (χ1) is 10.2. The second kappa shape index (κ2) is 7.84. The van der Waals surface area contributed by atoms with E-state index >= 15 is 0 Å². The summed E-state index contributed by atoms with van der Waals surface area (Å²) in [5.41, 5.74) is 2.16. The topological polar surface area (TPSA) is 61.4 Å². The molecule has 2 rings (SSSR count). The third kappa shape index (κ3) is 4.60. The van der Waals surface area contributed by atoms with Gasteiger partial charge in [-0.15, -0.1) is 0 Å². The van der Waals surface area contributed by atoms with E-state index < -0.39 is 0 Å². The van der Waals surface area contributed by atoms with Crippen molar-refractivity contribution >= 4 is 6.03 Å². The van der Waals surface area contributed by atoms with Crippen LogP contribution in [0.4, 0.5) is 4.79 Å². The fourth-order valence-corrected chi connectivity index (χ4v) is 2.52. The molecule has 1 aliphatic rings. The van der Waals surface area contributed by atoms with Crippen LogP contribution in [-0.4, -0.2) is 23.8 Å². The number of hydrogen-bond donors (Lipinski definition) is 3. The minimum atomic E-state index is -0.372. The van der Waals surface area contributed by atoms with Crippen LogP contribution in [-0.2, 0) is 6.42 Å². The van der Waals surface area contributed by atoms with Gasteiger partial charge in [0, 0.05) is 6.04 Å². The predicted octanol–water partition coefficient (Wildman–Crippen LogP) is 2.69. The Hall–Kier alpha value is -1.81. The van der Waals surface area contributed by atoms with Crippen molar-refractivity contribution in [3.8, 4) is 0 Å². The lowest BCUT2D eigenvalue weighted by molar-refractivity contribution is 0.215. The van der Waals surface area contributed by atoms with E-state index in [1.807, 2.05) is 30.3 Å². The molecule has 3 N–H and O–H groups in total. The number of benzene rings is 1. The molecule has 1 aromatic carbocycles. The number of allylic oxidation sites excluding steroid dienone is 1. The monoisotopic (exact) mass is 288 g/mol. The summed E-state index contributed by atoms with van der Waals surface area (Å²) in [6.07, 6.45) is 8.27. The molecular formula is C17H24N2O2. The van der Waals surface area contributed by atoms with Crippen LogP contribution >= 0.6 is 0 Å². The number of aliphatic hydroxyl groups is 1. The van der Waals surface area contributed by atoms with Crippen molar-refractivity contribution in [1.29, 1.82) is 0 Å². The number of urea groups is 1. The molecule has 1 aromatic rings. The van der Waals surface area contributed by atoms with Crippen LogP contribution in [0.5, 0.6) is 0 Å². The molecule has 4 heteroatoms. The molecule has 2 amide bonds. The van der Waals surface area contributed by atoms with Gasteiger partial charge in [-0.05, 0) is 36.8 Å². The SMILES string of the molecule is CCc1ccc(C(CO)NC(=O)NC2C=CCCC2)cc1. The van der Waals surface area contributed by atoms with Crippen LogP contribution in [0.25, 0.3) is 0 Å². The van der Waals surface area contributed by atoms with Gasteiger partial charge in [-0.2, -0.15) is 0 Å². The Morgan fingerprint density at radius 3 is 2.71 bits per heavy atom. The lowest BCUT2D eigenvalue weighted by atomic mass is 10.0. The summed E-state index contributed by atoms with van der Waals surface area (Å²) in [5, 5.41) is 15.3. The van der Waals surface area contributed by atoms with Crippen LogP contribution in [0, 0.1) is 0 Å². The van der Waals surface area contributed by atoms with Gasteiger partial charge in [-0.3, -0.25) is 0 Å². The van der Waals surface area contributed by atoms with Crippen molar-refractivity contribution in [1.82, 2.24) is 10.6 Å². The Morgan fingerprint density at radius 2 is 2.14 bits per heavy atom. The summed E-state index contributed by atoms with van der Waals surface area (Å²) < 4.78 is 0. The average molecular weight is 288 g/mol. The van der Waals surface area contributed by atoms with E-state index in [4.69, 9.17) is 0 Å². The Labute approximate surface area is 126 Å². The lowest BCUT2D eigenvalue weighted by Gasteiger charge is -2.22. The molecule has 0 fully saturated rings. The summed E-state index contributed by atoms with van der Waals surface area (Å²) in [4.78, 5) is 12.0. The lowest BCUT2D eigenvalue weighted by Crippen LogP contribution is -2.44. The molecule has 4 nitrogen and oxygen atoms in total. The molecule has 21 heavy (non-hydrogen) atoms. The molecule has 0 radical (unpaired) electrons. The van der Waals surface area contributed by atoms with E-state index in [0.29, 0.717) is 0 Å². The van der Waals surface area contributed by atoms with Gasteiger partial charge in [0.25, 0.3) is 0 Å². The highest BCUT2D eigenvalue weighted by molar-refractivity contribution is 5.75. The van der Waals surface area contributed by atoms with E-state index in [-0.39, 0.29) is 24.7 Å². The number of nitrogens with one attached hydrogen (secondary N) is 2. The zero-order valence-corrected chi connectivity index (χ0v) is 12.5. The van der Waals surface area contributed by atoms with Crippen molar-refractivity contribution in [2.45, 2.75) is 44.7 Å². The van der Waals surface area contributed by atoms with E-state index in [0.717, 1.165) is 31.2 Å². The van der Waals surface area contributed by atoms with E-state index in [9.17, 15) is 9.90 Å². The molecule has 1 aliphatic carbocycles. The fourth-order valence-electron chi connectivity index (χ4n) is 2.52. The molecule has 2 unspecified atom stereocenters. The number of aliphatic hydroxyl groups excluding tert-OH is 1.